The van der Waals surface area contributed by atoms with E-state index in [4.69, 9.17) is 0 Å². The number of hydrogen-bond acceptors (Lipinski definition) is 5. The minimum Gasteiger partial charge on any atom is -0.395 e. The number of nitrogens with zero attached hydrogens (tertiary/aromatic N) is 1. The summed E-state index contributed by atoms with van der Waals surface area (Å²) in [4.78, 5) is 4.74. The van der Waals surface area contributed by atoms with Crippen molar-refractivity contribution in [3.8, 4) is 0 Å². The molecule has 0 aromatic carbocycles. The van der Waals surface area contributed by atoms with E-state index in [1.54, 1.807) is 18.4 Å². The summed E-state index contributed by atoms with van der Waals surface area (Å²) >= 11 is 1.66. The number of likely N-dealkylation sites (N-methyl/N-ethyl adjacent to an activating group) is 1. The first-order valence-corrected chi connectivity index (χ1v) is 8.33. The van der Waals surface area contributed by atoms with Gasteiger partial charge in [-0.25, -0.2) is 0 Å². The molecule has 1 aliphatic heterocycles. The highest BCUT2D eigenvalue weighted by atomic mass is 32.1. The van der Waals surface area contributed by atoms with Crippen LogP contribution in [0.1, 0.15) is 41.5 Å². The molecular formula is C15H26N2O2S. The van der Waals surface area contributed by atoms with Crippen molar-refractivity contribution in [1.82, 2.24) is 10.2 Å². The fourth-order valence-electron chi connectivity index (χ4n) is 2.70. The molecule has 2 heterocycles. The van der Waals surface area contributed by atoms with Crippen molar-refractivity contribution in [3.63, 3.8) is 0 Å². The van der Waals surface area contributed by atoms with Gasteiger partial charge in [0.2, 0.25) is 0 Å². The van der Waals surface area contributed by atoms with Crippen LogP contribution in [0.15, 0.2) is 12.1 Å². The summed E-state index contributed by atoms with van der Waals surface area (Å²) < 4.78 is 0. The molecule has 114 valence electrons. The Hall–Kier alpha value is -0.460. The third-order valence-electron chi connectivity index (χ3n) is 4.00. The van der Waals surface area contributed by atoms with E-state index in [9.17, 15) is 10.2 Å². The van der Waals surface area contributed by atoms with Gasteiger partial charge in [-0.15, -0.1) is 11.3 Å². The lowest BCUT2D eigenvalue weighted by atomic mass is 10.1. The van der Waals surface area contributed by atoms with Crippen LogP contribution in [-0.4, -0.2) is 47.9 Å². The van der Waals surface area contributed by atoms with Gasteiger partial charge < -0.3 is 15.5 Å². The van der Waals surface area contributed by atoms with Crippen LogP contribution in [0.25, 0.3) is 0 Å². The van der Waals surface area contributed by atoms with Gasteiger partial charge in [-0.2, -0.15) is 0 Å². The molecular weight excluding hydrogens is 272 g/mol. The molecule has 2 atom stereocenters. The van der Waals surface area contributed by atoms with Crippen molar-refractivity contribution in [1.29, 1.82) is 0 Å². The molecule has 1 aliphatic rings. The highest BCUT2D eigenvalue weighted by Crippen LogP contribution is 2.27. The quantitative estimate of drug-likeness (QED) is 0.749. The second kappa shape index (κ2) is 8.10. The molecule has 0 aliphatic carbocycles. The fraction of sp³-hybridized carbons (Fsp3) is 0.733. The minimum atomic E-state index is -0.632. The van der Waals surface area contributed by atoms with Gasteiger partial charge in [-0.05, 0) is 45.1 Å². The Labute approximate surface area is 125 Å². The minimum absolute atomic E-state index is 0.0585. The zero-order valence-corrected chi connectivity index (χ0v) is 13.0. The zero-order valence-electron chi connectivity index (χ0n) is 12.2. The van der Waals surface area contributed by atoms with Crippen LogP contribution in [0.5, 0.6) is 0 Å². The van der Waals surface area contributed by atoms with E-state index in [1.165, 1.54) is 43.6 Å². The third-order valence-corrected chi connectivity index (χ3v) is 5.14. The maximum Gasteiger partial charge on any atom is 0.106 e. The van der Waals surface area contributed by atoms with Crippen LogP contribution >= 0.6 is 11.3 Å². The number of aliphatic hydroxyl groups is 2. The number of aliphatic hydroxyl groups excluding tert-OH is 2. The Morgan fingerprint density at radius 2 is 1.95 bits per heavy atom. The third kappa shape index (κ3) is 4.27. The monoisotopic (exact) mass is 298 g/mol. The summed E-state index contributed by atoms with van der Waals surface area (Å²) in [5, 5.41) is 22.4. The Morgan fingerprint density at radius 1 is 1.25 bits per heavy atom. The normalized spacial score (nSPS) is 20.6. The summed E-state index contributed by atoms with van der Waals surface area (Å²) in [5.41, 5.74) is 0. The van der Waals surface area contributed by atoms with Gasteiger partial charge in [-0.3, -0.25) is 4.90 Å². The Kier molecular flexibility index (Phi) is 6.45. The van der Waals surface area contributed by atoms with Crippen LogP contribution in [0.4, 0.5) is 0 Å². The van der Waals surface area contributed by atoms with Gasteiger partial charge in [0.1, 0.15) is 6.10 Å². The maximum atomic E-state index is 10.2. The van der Waals surface area contributed by atoms with Crippen LogP contribution in [0.2, 0.25) is 0 Å². The van der Waals surface area contributed by atoms with E-state index in [2.05, 4.69) is 16.3 Å². The molecule has 1 fully saturated rings. The Balaban J connectivity index is 1.94. The number of thiophene rings is 1. The number of rotatable bonds is 6. The molecule has 4 nitrogen and oxygen atoms in total. The maximum absolute atomic E-state index is 10.2. The molecule has 0 spiro atoms. The van der Waals surface area contributed by atoms with Crippen molar-refractivity contribution in [2.24, 2.45) is 0 Å². The van der Waals surface area contributed by atoms with E-state index in [0.717, 1.165) is 11.4 Å². The number of likely N-dealkylation sites (tertiary alicyclic amines) is 1. The van der Waals surface area contributed by atoms with E-state index in [1.807, 2.05) is 6.07 Å². The molecule has 1 aromatic rings. The molecule has 0 saturated carbocycles. The molecule has 1 saturated heterocycles. The SMILES string of the molecule is CNC(CO)C(O)c1ccc(CN2CCCCCC2)s1. The van der Waals surface area contributed by atoms with Gasteiger partial charge in [0.15, 0.2) is 0 Å². The van der Waals surface area contributed by atoms with Crippen molar-refractivity contribution in [3.05, 3.63) is 21.9 Å². The summed E-state index contributed by atoms with van der Waals surface area (Å²) in [7, 11) is 1.76. The number of nitrogens with one attached hydrogen (secondary N) is 1. The predicted octanol–water partition coefficient (Wildman–Crippen LogP) is 1.74. The lowest BCUT2D eigenvalue weighted by Gasteiger charge is -2.20. The largest absolute Gasteiger partial charge is 0.395 e. The summed E-state index contributed by atoms with van der Waals surface area (Å²) in [5.74, 6) is 0. The van der Waals surface area contributed by atoms with Crippen molar-refractivity contribution >= 4 is 11.3 Å². The Morgan fingerprint density at radius 3 is 2.55 bits per heavy atom. The first-order chi connectivity index (χ1) is 9.74. The standard InChI is InChI=1S/C15H26N2O2S/c1-16-13(11-18)15(19)14-7-6-12(20-14)10-17-8-4-2-3-5-9-17/h6-7,13,15-16,18-19H,2-5,8-11H2,1H3. The second-order valence-corrected chi connectivity index (χ2v) is 6.72. The first-order valence-electron chi connectivity index (χ1n) is 7.51. The predicted molar refractivity (Wildman–Crippen MR) is 83.0 cm³/mol. The molecule has 2 rings (SSSR count). The van der Waals surface area contributed by atoms with Gasteiger partial charge in [-0.1, -0.05) is 12.8 Å². The average Bonchev–Trinajstić information content (AvgIpc) is 2.76. The molecule has 20 heavy (non-hydrogen) atoms. The highest BCUT2D eigenvalue weighted by Gasteiger charge is 2.20. The second-order valence-electron chi connectivity index (χ2n) is 5.52. The van der Waals surface area contributed by atoms with Gasteiger partial charge >= 0.3 is 0 Å². The molecule has 1 aromatic heterocycles. The van der Waals surface area contributed by atoms with Crippen molar-refractivity contribution < 1.29 is 10.2 Å². The average molecular weight is 298 g/mol. The smallest absolute Gasteiger partial charge is 0.106 e. The first kappa shape index (κ1) is 15.9. The summed E-state index contributed by atoms with van der Waals surface area (Å²) in [6.45, 7) is 3.30. The van der Waals surface area contributed by atoms with Crippen molar-refractivity contribution in [2.45, 2.75) is 44.4 Å². The van der Waals surface area contributed by atoms with Crippen LogP contribution in [-0.2, 0) is 6.54 Å². The van der Waals surface area contributed by atoms with E-state index >= 15 is 0 Å². The van der Waals surface area contributed by atoms with Gasteiger partial charge in [0.05, 0.1) is 12.6 Å². The lowest BCUT2D eigenvalue weighted by Crippen LogP contribution is -2.35. The van der Waals surface area contributed by atoms with E-state index in [-0.39, 0.29) is 12.6 Å². The van der Waals surface area contributed by atoms with Crippen LogP contribution < -0.4 is 5.32 Å². The van der Waals surface area contributed by atoms with Crippen molar-refractivity contribution in [2.75, 3.05) is 26.7 Å². The lowest BCUT2D eigenvalue weighted by molar-refractivity contribution is 0.0969. The van der Waals surface area contributed by atoms with Gasteiger partial charge in [0.25, 0.3) is 0 Å². The molecule has 5 heteroatoms. The van der Waals surface area contributed by atoms with Gasteiger partial charge in [0, 0.05) is 16.3 Å². The van der Waals surface area contributed by atoms with E-state index < -0.39 is 6.10 Å². The van der Waals surface area contributed by atoms with E-state index in [0.29, 0.717) is 0 Å². The molecule has 0 amide bonds. The molecule has 0 bridgehead atoms. The summed E-state index contributed by atoms with van der Waals surface area (Å²) in [6.07, 6.45) is 4.67. The molecule has 3 N–H and O–H groups in total. The van der Waals surface area contributed by atoms with Crippen LogP contribution in [0.3, 0.4) is 0 Å². The number of hydrogen-bond donors (Lipinski definition) is 3. The summed E-state index contributed by atoms with van der Waals surface area (Å²) in [6, 6.07) is 3.81. The molecule has 2 unspecified atom stereocenters. The van der Waals surface area contributed by atoms with Crippen LogP contribution in [0, 0.1) is 0 Å². The Bertz CT molecular complexity index is 385. The topological polar surface area (TPSA) is 55.7 Å². The zero-order chi connectivity index (χ0) is 14.4. The fourth-order valence-corrected chi connectivity index (χ4v) is 3.81. The highest BCUT2D eigenvalue weighted by molar-refractivity contribution is 7.12. The molecule has 0 radical (unpaired) electrons.